The fourth-order valence-corrected chi connectivity index (χ4v) is 2.13. The van der Waals surface area contributed by atoms with Crippen LogP contribution in [0.4, 0.5) is 5.69 Å². The molecule has 0 bridgehead atoms. The number of thiophene rings is 1. The van der Waals surface area contributed by atoms with Crippen molar-refractivity contribution >= 4 is 28.6 Å². The van der Waals surface area contributed by atoms with Crippen molar-refractivity contribution < 1.29 is 0 Å². The third-order valence-electron chi connectivity index (χ3n) is 1.76. The maximum Gasteiger partial charge on any atom is 0.0931 e. The zero-order valence-electron chi connectivity index (χ0n) is 7.40. The highest BCUT2D eigenvalue weighted by atomic mass is 35.5. The lowest BCUT2D eigenvalue weighted by atomic mass is 10.4. The van der Waals surface area contributed by atoms with Crippen molar-refractivity contribution in [2.75, 3.05) is 5.32 Å². The minimum atomic E-state index is 0.795. The van der Waals surface area contributed by atoms with Gasteiger partial charge in [0, 0.05) is 23.8 Å². The highest BCUT2D eigenvalue weighted by molar-refractivity contribution is 7.16. The summed E-state index contributed by atoms with van der Waals surface area (Å²) in [6.45, 7) is 0.795. The van der Waals surface area contributed by atoms with Crippen molar-refractivity contribution in [3.05, 3.63) is 45.9 Å². The van der Waals surface area contributed by atoms with Crippen LogP contribution in [0.2, 0.25) is 4.34 Å². The Balaban J connectivity index is 1.95. The van der Waals surface area contributed by atoms with Gasteiger partial charge in [-0.2, -0.15) is 0 Å². The van der Waals surface area contributed by atoms with Crippen molar-refractivity contribution in [1.29, 1.82) is 0 Å². The zero-order chi connectivity index (χ0) is 9.80. The Bertz CT molecular complexity index is 400. The number of hydrogen-bond donors (Lipinski definition) is 1. The number of nitrogens with one attached hydrogen (secondary N) is 1. The number of nitrogens with zero attached hydrogens (tertiary/aromatic N) is 1. The highest BCUT2D eigenvalue weighted by Gasteiger charge is 1.97. The second-order valence-corrected chi connectivity index (χ2v) is 4.60. The SMILES string of the molecule is Clc1ccc(CNc2cccnc2)s1. The predicted octanol–water partition coefficient (Wildman–Crippen LogP) is 3.41. The molecular weight excluding hydrogens is 216 g/mol. The summed E-state index contributed by atoms with van der Waals surface area (Å²) in [7, 11) is 0. The molecule has 2 aromatic heterocycles. The fourth-order valence-electron chi connectivity index (χ4n) is 1.10. The molecule has 0 unspecified atom stereocenters. The topological polar surface area (TPSA) is 24.9 Å². The van der Waals surface area contributed by atoms with E-state index in [0.29, 0.717) is 0 Å². The molecule has 0 amide bonds. The Kier molecular flexibility index (Phi) is 3.01. The fraction of sp³-hybridized carbons (Fsp3) is 0.100. The summed E-state index contributed by atoms with van der Waals surface area (Å²) in [6, 6.07) is 7.83. The van der Waals surface area contributed by atoms with Crippen LogP contribution < -0.4 is 5.32 Å². The van der Waals surface area contributed by atoms with Crippen LogP contribution in [0.5, 0.6) is 0 Å². The molecule has 2 aromatic rings. The molecule has 4 heteroatoms. The molecule has 2 nitrogen and oxygen atoms in total. The Morgan fingerprint density at radius 1 is 1.36 bits per heavy atom. The first-order chi connectivity index (χ1) is 6.84. The Morgan fingerprint density at radius 2 is 2.29 bits per heavy atom. The minimum Gasteiger partial charge on any atom is -0.379 e. The van der Waals surface area contributed by atoms with E-state index in [9.17, 15) is 0 Å². The van der Waals surface area contributed by atoms with E-state index in [1.165, 1.54) is 4.88 Å². The summed E-state index contributed by atoms with van der Waals surface area (Å²) in [6.07, 6.45) is 3.56. The maximum absolute atomic E-state index is 5.82. The van der Waals surface area contributed by atoms with Gasteiger partial charge >= 0.3 is 0 Å². The molecule has 2 rings (SSSR count). The first kappa shape index (κ1) is 9.49. The lowest BCUT2D eigenvalue weighted by Crippen LogP contribution is -1.96. The number of anilines is 1. The zero-order valence-corrected chi connectivity index (χ0v) is 8.98. The van der Waals surface area contributed by atoms with Gasteiger partial charge < -0.3 is 5.32 Å². The van der Waals surface area contributed by atoms with E-state index in [1.54, 1.807) is 23.7 Å². The monoisotopic (exact) mass is 224 g/mol. The van der Waals surface area contributed by atoms with Crippen LogP contribution in [0, 0.1) is 0 Å². The maximum atomic E-state index is 5.82. The predicted molar refractivity (Wildman–Crippen MR) is 60.9 cm³/mol. The Labute approximate surface area is 91.6 Å². The lowest BCUT2D eigenvalue weighted by molar-refractivity contribution is 1.17. The molecule has 0 atom stereocenters. The summed E-state index contributed by atoms with van der Waals surface area (Å²) in [4.78, 5) is 5.24. The second kappa shape index (κ2) is 4.44. The summed E-state index contributed by atoms with van der Waals surface area (Å²) in [5, 5.41) is 3.26. The molecule has 0 aliphatic rings. The van der Waals surface area contributed by atoms with Crippen LogP contribution in [-0.2, 0) is 6.54 Å². The van der Waals surface area contributed by atoms with E-state index < -0.39 is 0 Å². The van der Waals surface area contributed by atoms with Crippen molar-refractivity contribution in [2.45, 2.75) is 6.54 Å². The molecule has 0 saturated carbocycles. The van der Waals surface area contributed by atoms with E-state index in [4.69, 9.17) is 11.6 Å². The van der Waals surface area contributed by atoms with E-state index in [-0.39, 0.29) is 0 Å². The van der Waals surface area contributed by atoms with Gasteiger partial charge in [0.1, 0.15) is 0 Å². The van der Waals surface area contributed by atoms with Crippen molar-refractivity contribution in [3.8, 4) is 0 Å². The van der Waals surface area contributed by atoms with Crippen LogP contribution >= 0.6 is 22.9 Å². The summed E-state index contributed by atoms with van der Waals surface area (Å²) < 4.78 is 0.827. The van der Waals surface area contributed by atoms with Crippen LogP contribution in [0.1, 0.15) is 4.88 Å². The van der Waals surface area contributed by atoms with Crippen LogP contribution in [-0.4, -0.2) is 4.98 Å². The normalized spacial score (nSPS) is 10.1. The standard InChI is InChI=1S/C10H9ClN2S/c11-10-4-3-9(14-10)7-13-8-2-1-5-12-6-8/h1-6,13H,7H2. The summed E-state index contributed by atoms with van der Waals surface area (Å²) >= 11 is 7.41. The van der Waals surface area contributed by atoms with E-state index in [0.717, 1.165) is 16.6 Å². The number of hydrogen-bond acceptors (Lipinski definition) is 3. The largest absolute Gasteiger partial charge is 0.379 e. The third kappa shape index (κ3) is 2.47. The second-order valence-electron chi connectivity index (χ2n) is 2.80. The van der Waals surface area contributed by atoms with E-state index in [1.807, 2.05) is 24.3 Å². The van der Waals surface area contributed by atoms with Gasteiger partial charge in [0.15, 0.2) is 0 Å². The van der Waals surface area contributed by atoms with E-state index in [2.05, 4.69) is 10.3 Å². The quantitative estimate of drug-likeness (QED) is 0.865. The molecule has 72 valence electrons. The Morgan fingerprint density at radius 3 is 2.93 bits per heavy atom. The smallest absolute Gasteiger partial charge is 0.0931 e. The first-order valence-corrected chi connectivity index (χ1v) is 5.42. The number of rotatable bonds is 3. The first-order valence-electron chi connectivity index (χ1n) is 4.23. The van der Waals surface area contributed by atoms with Gasteiger partial charge in [0.2, 0.25) is 0 Å². The molecular formula is C10H9ClN2S. The molecule has 14 heavy (non-hydrogen) atoms. The third-order valence-corrected chi connectivity index (χ3v) is 2.99. The molecule has 0 spiro atoms. The van der Waals surface area contributed by atoms with Gasteiger partial charge in [-0.15, -0.1) is 11.3 Å². The van der Waals surface area contributed by atoms with E-state index >= 15 is 0 Å². The minimum absolute atomic E-state index is 0.795. The van der Waals surface area contributed by atoms with Crippen LogP contribution in [0.25, 0.3) is 0 Å². The van der Waals surface area contributed by atoms with Crippen molar-refractivity contribution in [2.24, 2.45) is 0 Å². The van der Waals surface area contributed by atoms with Gasteiger partial charge in [0.05, 0.1) is 10.0 Å². The van der Waals surface area contributed by atoms with Crippen LogP contribution in [0.3, 0.4) is 0 Å². The van der Waals surface area contributed by atoms with Crippen molar-refractivity contribution in [3.63, 3.8) is 0 Å². The highest BCUT2D eigenvalue weighted by Crippen LogP contribution is 2.22. The summed E-state index contributed by atoms with van der Waals surface area (Å²) in [5.41, 5.74) is 1.03. The molecule has 0 aliphatic carbocycles. The van der Waals surface area contributed by atoms with Gasteiger partial charge in [-0.25, -0.2) is 0 Å². The molecule has 2 heterocycles. The van der Waals surface area contributed by atoms with Gasteiger partial charge in [-0.05, 0) is 24.3 Å². The van der Waals surface area contributed by atoms with Gasteiger partial charge in [-0.1, -0.05) is 11.6 Å². The number of aromatic nitrogens is 1. The Hall–Kier alpha value is -1.06. The molecule has 0 fully saturated rings. The molecule has 1 N–H and O–H groups in total. The van der Waals surface area contributed by atoms with Crippen molar-refractivity contribution in [1.82, 2.24) is 4.98 Å². The molecule has 0 aromatic carbocycles. The van der Waals surface area contributed by atoms with Gasteiger partial charge in [-0.3, -0.25) is 4.98 Å². The average Bonchev–Trinajstić information content (AvgIpc) is 2.63. The molecule has 0 aliphatic heterocycles. The number of pyridine rings is 1. The van der Waals surface area contributed by atoms with Gasteiger partial charge in [0.25, 0.3) is 0 Å². The summed E-state index contributed by atoms with van der Waals surface area (Å²) in [5.74, 6) is 0. The lowest BCUT2D eigenvalue weighted by Gasteiger charge is -2.02. The van der Waals surface area contributed by atoms with Crippen LogP contribution in [0.15, 0.2) is 36.7 Å². The number of halogens is 1. The molecule has 0 saturated heterocycles. The average molecular weight is 225 g/mol. The molecule has 0 radical (unpaired) electrons.